The van der Waals surface area contributed by atoms with Crippen molar-refractivity contribution in [1.82, 2.24) is 14.9 Å². The maximum Gasteiger partial charge on any atom is 0.335 e. The number of benzene rings is 4. The molecule has 1 atom stereocenters. The molecule has 0 bridgehead atoms. The van der Waals surface area contributed by atoms with E-state index in [1.165, 1.54) is 36.4 Å². The number of rotatable bonds is 8. The van der Waals surface area contributed by atoms with Gasteiger partial charge in [0.15, 0.2) is 0 Å². The van der Waals surface area contributed by atoms with Gasteiger partial charge in [0.1, 0.15) is 11.6 Å². The van der Waals surface area contributed by atoms with E-state index in [4.69, 9.17) is 0 Å². The summed E-state index contributed by atoms with van der Waals surface area (Å²) in [5.74, 6) is -2.05. The van der Waals surface area contributed by atoms with E-state index in [0.29, 0.717) is 34.5 Å². The number of pyridine rings is 1. The maximum absolute atomic E-state index is 13.9. The molecule has 0 radical (unpaired) electrons. The van der Waals surface area contributed by atoms with Crippen LogP contribution < -0.4 is 10.6 Å². The Balaban J connectivity index is 1.37. The standard InChI is InChI=1S/C34H26F2N4O3/c1-20(21-2-4-23(5-3-21)34(42)43)37-33(41)29-14-15-30(38-26-12-9-24(35)10-13-26)28-16-17-40(32(28)29)19-27-11-7-22-6-8-25(36)18-31(22)39-27/h2-18,20,38H,19H2,1H3,(H,37,41)(H,42,43)/t20-/m0/s1. The number of aromatic carboxylic acids is 1. The van der Waals surface area contributed by atoms with Crippen LogP contribution in [0, 0.1) is 11.6 Å². The van der Waals surface area contributed by atoms with E-state index >= 15 is 0 Å². The third kappa shape index (κ3) is 5.78. The van der Waals surface area contributed by atoms with Gasteiger partial charge in [0, 0.05) is 34.4 Å². The highest BCUT2D eigenvalue weighted by molar-refractivity contribution is 6.10. The molecule has 3 N–H and O–H groups in total. The zero-order valence-electron chi connectivity index (χ0n) is 23.0. The second-order valence-corrected chi connectivity index (χ2v) is 10.3. The van der Waals surface area contributed by atoms with Gasteiger partial charge >= 0.3 is 5.97 Å². The Morgan fingerprint density at radius 2 is 1.60 bits per heavy atom. The third-order valence-corrected chi connectivity index (χ3v) is 7.34. The minimum absolute atomic E-state index is 0.163. The Hall–Kier alpha value is -5.57. The van der Waals surface area contributed by atoms with Crippen LogP contribution in [0.2, 0.25) is 0 Å². The molecule has 7 nitrogen and oxygen atoms in total. The molecule has 0 unspecified atom stereocenters. The third-order valence-electron chi connectivity index (χ3n) is 7.34. The molecule has 0 fully saturated rings. The van der Waals surface area contributed by atoms with Crippen molar-refractivity contribution in [3.8, 4) is 0 Å². The summed E-state index contributed by atoms with van der Waals surface area (Å²) in [5, 5.41) is 17.1. The van der Waals surface area contributed by atoms with Crippen molar-refractivity contribution in [2.45, 2.75) is 19.5 Å². The number of carbonyl (C=O) groups excluding carboxylic acids is 1. The van der Waals surface area contributed by atoms with E-state index in [9.17, 15) is 23.5 Å². The van der Waals surface area contributed by atoms with Crippen LogP contribution in [-0.4, -0.2) is 26.5 Å². The summed E-state index contributed by atoms with van der Waals surface area (Å²) in [4.78, 5) is 29.6. The number of nitrogens with zero attached hydrogens (tertiary/aromatic N) is 2. The molecule has 0 saturated heterocycles. The Bertz CT molecular complexity index is 1990. The molecular formula is C34H26F2N4O3. The first-order valence-corrected chi connectivity index (χ1v) is 13.6. The summed E-state index contributed by atoms with van der Waals surface area (Å²) in [5.41, 5.74) is 4.62. The summed E-state index contributed by atoms with van der Waals surface area (Å²) < 4.78 is 29.3. The normalized spacial score (nSPS) is 11.9. The lowest BCUT2D eigenvalue weighted by atomic mass is 10.0. The van der Waals surface area contributed by atoms with Crippen molar-refractivity contribution in [2.75, 3.05) is 5.32 Å². The van der Waals surface area contributed by atoms with Gasteiger partial charge in [-0.05, 0) is 85.3 Å². The van der Waals surface area contributed by atoms with E-state index in [0.717, 1.165) is 22.0 Å². The van der Waals surface area contributed by atoms with Gasteiger partial charge in [-0.25, -0.2) is 13.6 Å². The van der Waals surface area contributed by atoms with Crippen LogP contribution >= 0.6 is 0 Å². The fourth-order valence-corrected chi connectivity index (χ4v) is 5.11. The van der Waals surface area contributed by atoms with Crippen LogP contribution in [-0.2, 0) is 6.54 Å². The Morgan fingerprint density at radius 3 is 2.35 bits per heavy atom. The summed E-state index contributed by atoms with van der Waals surface area (Å²) in [6.45, 7) is 2.15. The van der Waals surface area contributed by atoms with Crippen molar-refractivity contribution >= 4 is 45.1 Å². The van der Waals surface area contributed by atoms with Crippen LogP contribution in [0.5, 0.6) is 0 Å². The van der Waals surface area contributed by atoms with Crippen LogP contribution in [0.15, 0.2) is 103 Å². The Kier molecular flexibility index (Phi) is 7.29. The first-order chi connectivity index (χ1) is 20.7. The molecule has 2 aromatic heterocycles. The first kappa shape index (κ1) is 27.6. The number of anilines is 2. The summed E-state index contributed by atoms with van der Waals surface area (Å²) in [6, 6.07) is 25.6. The number of aromatic nitrogens is 2. The molecule has 0 aliphatic rings. The first-order valence-electron chi connectivity index (χ1n) is 13.6. The van der Waals surface area contributed by atoms with Crippen molar-refractivity contribution < 1.29 is 23.5 Å². The minimum Gasteiger partial charge on any atom is -0.478 e. The molecule has 4 aromatic carbocycles. The monoisotopic (exact) mass is 576 g/mol. The van der Waals surface area contributed by atoms with Crippen molar-refractivity contribution in [1.29, 1.82) is 0 Å². The van der Waals surface area contributed by atoms with E-state index in [2.05, 4.69) is 15.6 Å². The van der Waals surface area contributed by atoms with Gasteiger partial charge in [0.25, 0.3) is 5.91 Å². The zero-order valence-corrected chi connectivity index (χ0v) is 23.0. The Labute approximate surface area is 245 Å². The summed E-state index contributed by atoms with van der Waals surface area (Å²) >= 11 is 0. The number of hydrogen-bond acceptors (Lipinski definition) is 4. The van der Waals surface area contributed by atoms with Gasteiger partial charge in [-0.3, -0.25) is 9.78 Å². The van der Waals surface area contributed by atoms with Crippen molar-refractivity contribution in [2.24, 2.45) is 0 Å². The molecule has 6 rings (SSSR count). The van der Waals surface area contributed by atoms with E-state index in [1.807, 2.05) is 35.9 Å². The summed E-state index contributed by atoms with van der Waals surface area (Å²) in [6.07, 6.45) is 1.86. The van der Waals surface area contributed by atoms with E-state index < -0.39 is 12.0 Å². The fraction of sp³-hybridized carbons (Fsp3) is 0.0882. The lowest BCUT2D eigenvalue weighted by molar-refractivity contribution is 0.0696. The van der Waals surface area contributed by atoms with Crippen LogP contribution in [0.25, 0.3) is 21.8 Å². The largest absolute Gasteiger partial charge is 0.478 e. The Morgan fingerprint density at radius 1 is 0.884 bits per heavy atom. The van der Waals surface area contributed by atoms with Crippen LogP contribution in [0.1, 0.15) is 44.9 Å². The molecule has 9 heteroatoms. The average Bonchev–Trinajstić information content (AvgIpc) is 3.42. The lowest BCUT2D eigenvalue weighted by Crippen LogP contribution is -2.27. The van der Waals surface area contributed by atoms with Crippen molar-refractivity contribution in [3.63, 3.8) is 0 Å². The quantitative estimate of drug-likeness (QED) is 0.175. The minimum atomic E-state index is -1.02. The molecule has 1 amide bonds. The van der Waals surface area contributed by atoms with Crippen LogP contribution in [0.3, 0.4) is 0 Å². The molecule has 2 heterocycles. The number of halogens is 2. The average molecular weight is 577 g/mol. The molecule has 43 heavy (non-hydrogen) atoms. The number of hydrogen-bond donors (Lipinski definition) is 3. The second-order valence-electron chi connectivity index (χ2n) is 10.3. The fourth-order valence-electron chi connectivity index (χ4n) is 5.11. The van der Waals surface area contributed by atoms with Gasteiger partial charge < -0.3 is 20.3 Å². The number of carboxylic acid groups (broad SMARTS) is 1. The summed E-state index contributed by atoms with van der Waals surface area (Å²) in [7, 11) is 0. The zero-order chi connectivity index (χ0) is 30.1. The number of fused-ring (bicyclic) bond motifs is 2. The molecular weight excluding hydrogens is 550 g/mol. The molecule has 6 aromatic rings. The highest BCUT2D eigenvalue weighted by atomic mass is 19.1. The van der Waals surface area contributed by atoms with Gasteiger partial charge in [0.2, 0.25) is 0 Å². The second kappa shape index (κ2) is 11.4. The van der Waals surface area contributed by atoms with Gasteiger partial charge in [-0.2, -0.15) is 0 Å². The number of carbonyl (C=O) groups is 2. The van der Waals surface area contributed by atoms with E-state index in [1.54, 1.807) is 42.5 Å². The van der Waals surface area contributed by atoms with Crippen molar-refractivity contribution in [3.05, 3.63) is 137 Å². The molecule has 214 valence electrons. The topological polar surface area (TPSA) is 96.3 Å². The highest BCUT2D eigenvalue weighted by Crippen LogP contribution is 2.32. The number of amides is 1. The lowest BCUT2D eigenvalue weighted by Gasteiger charge is -2.17. The maximum atomic E-state index is 13.9. The van der Waals surface area contributed by atoms with Gasteiger partial charge in [-0.1, -0.05) is 18.2 Å². The van der Waals surface area contributed by atoms with E-state index in [-0.39, 0.29) is 23.1 Å². The molecule has 0 aliphatic heterocycles. The van der Waals surface area contributed by atoms with Gasteiger partial charge in [-0.15, -0.1) is 0 Å². The predicted octanol–water partition coefficient (Wildman–Crippen LogP) is 7.45. The SMILES string of the molecule is C[C@H](NC(=O)c1ccc(Nc2ccc(F)cc2)c2ccn(Cc3ccc4ccc(F)cc4n3)c12)c1ccc(C(=O)O)cc1. The molecule has 0 spiro atoms. The highest BCUT2D eigenvalue weighted by Gasteiger charge is 2.19. The molecule has 0 aliphatic carbocycles. The predicted molar refractivity (Wildman–Crippen MR) is 162 cm³/mol. The number of nitrogens with one attached hydrogen (secondary N) is 2. The van der Waals surface area contributed by atoms with Crippen LogP contribution in [0.4, 0.5) is 20.2 Å². The van der Waals surface area contributed by atoms with Gasteiger partial charge in [0.05, 0.1) is 40.4 Å². The number of carboxylic acids is 1. The smallest absolute Gasteiger partial charge is 0.335 e. The molecule has 0 saturated carbocycles.